The van der Waals surface area contributed by atoms with Gasteiger partial charge in [-0.25, -0.2) is 0 Å². The van der Waals surface area contributed by atoms with Gasteiger partial charge in [0.15, 0.2) is 0 Å². The summed E-state index contributed by atoms with van der Waals surface area (Å²) in [5, 5.41) is 0. The van der Waals surface area contributed by atoms with Crippen molar-refractivity contribution in [2.24, 2.45) is 0 Å². The molecule has 3 aromatic carbocycles. The average molecular weight is 389 g/mol. The third kappa shape index (κ3) is 6.20. The third-order valence-electron chi connectivity index (χ3n) is 4.11. The highest BCUT2D eigenvalue weighted by molar-refractivity contribution is 8.16. The van der Waals surface area contributed by atoms with Gasteiger partial charge < -0.3 is 0 Å². The summed E-state index contributed by atoms with van der Waals surface area (Å²) < 4.78 is 0.410. The predicted octanol–water partition coefficient (Wildman–Crippen LogP) is 7.72. The number of hydrogen-bond acceptors (Lipinski definition) is 2. The molecular formula is C25H24S2. The first kappa shape index (κ1) is 19.6. The molecule has 3 aromatic rings. The molecule has 0 aromatic heterocycles. The fourth-order valence-electron chi connectivity index (χ4n) is 2.75. The molecule has 0 nitrogen and oxygen atoms in total. The second kappa shape index (κ2) is 10.9. The molecule has 0 radical (unpaired) electrons. The molecule has 0 fully saturated rings. The fourth-order valence-corrected chi connectivity index (χ4v) is 5.00. The van der Waals surface area contributed by atoms with E-state index < -0.39 is 0 Å². The van der Waals surface area contributed by atoms with E-state index in [0.717, 1.165) is 11.5 Å². The lowest BCUT2D eigenvalue weighted by Gasteiger charge is -2.16. The molecule has 0 N–H and O–H groups in total. The van der Waals surface area contributed by atoms with Crippen LogP contribution in [0.5, 0.6) is 0 Å². The van der Waals surface area contributed by atoms with E-state index in [-0.39, 0.29) is 0 Å². The van der Waals surface area contributed by atoms with Crippen molar-refractivity contribution < 1.29 is 0 Å². The van der Waals surface area contributed by atoms with Gasteiger partial charge in [-0.05, 0) is 22.3 Å². The summed E-state index contributed by atoms with van der Waals surface area (Å²) in [6, 6.07) is 30.0. The molecule has 0 amide bonds. The van der Waals surface area contributed by atoms with Crippen molar-refractivity contribution in [3.05, 3.63) is 115 Å². The normalized spacial score (nSPS) is 12.1. The van der Waals surface area contributed by atoms with Gasteiger partial charge in [0.1, 0.15) is 0 Å². The van der Waals surface area contributed by atoms with E-state index in [2.05, 4.69) is 97.6 Å². The Kier molecular flexibility index (Phi) is 7.88. The number of rotatable bonds is 9. The van der Waals surface area contributed by atoms with Crippen molar-refractivity contribution in [3.8, 4) is 11.1 Å². The summed E-state index contributed by atoms with van der Waals surface area (Å²) in [6.45, 7) is 3.87. The van der Waals surface area contributed by atoms with E-state index in [1.54, 1.807) is 0 Å². The van der Waals surface area contributed by atoms with Crippen LogP contribution < -0.4 is 0 Å². The maximum atomic E-state index is 3.87. The first-order valence-electron chi connectivity index (χ1n) is 9.08. The average Bonchev–Trinajstić information content (AvgIpc) is 2.75. The highest BCUT2D eigenvalue weighted by Gasteiger charge is 2.11. The topological polar surface area (TPSA) is 0 Å². The lowest BCUT2D eigenvalue weighted by atomic mass is 10.0. The summed E-state index contributed by atoms with van der Waals surface area (Å²) >= 11 is 3.90. The highest BCUT2D eigenvalue weighted by Crippen LogP contribution is 2.40. The van der Waals surface area contributed by atoms with Crippen molar-refractivity contribution in [1.82, 2.24) is 0 Å². The summed E-state index contributed by atoms with van der Waals surface area (Å²) in [6.07, 6.45) is 6.43. The van der Waals surface area contributed by atoms with E-state index in [4.69, 9.17) is 0 Å². The van der Waals surface area contributed by atoms with Crippen molar-refractivity contribution >= 4 is 29.6 Å². The van der Waals surface area contributed by atoms with E-state index in [0.29, 0.717) is 4.58 Å². The number of thioether (sulfide) groups is 2. The first-order valence-corrected chi connectivity index (χ1v) is 11.2. The van der Waals surface area contributed by atoms with Gasteiger partial charge in [-0.2, -0.15) is 0 Å². The Hall–Kier alpha value is -2.16. The van der Waals surface area contributed by atoms with Gasteiger partial charge in [-0.15, -0.1) is 30.1 Å². The molecule has 1 atom stereocenters. The van der Waals surface area contributed by atoms with Crippen LogP contribution in [0.25, 0.3) is 17.2 Å². The molecule has 27 heavy (non-hydrogen) atoms. The molecule has 1 unspecified atom stereocenters. The third-order valence-corrected chi connectivity index (χ3v) is 6.89. The summed E-state index contributed by atoms with van der Waals surface area (Å²) in [5.74, 6) is 1.95. The minimum atomic E-state index is 0.410. The zero-order valence-electron chi connectivity index (χ0n) is 15.3. The second-order valence-electron chi connectivity index (χ2n) is 6.09. The van der Waals surface area contributed by atoms with Crippen LogP contribution in [-0.4, -0.2) is 11.5 Å². The van der Waals surface area contributed by atoms with E-state index in [1.165, 1.54) is 22.3 Å². The molecule has 2 heteroatoms. The summed E-state index contributed by atoms with van der Waals surface area (Å²) in [5.41, 5.74) is 5.14. The van der Waals surface area contributed by atoms with Crippen LogP contribution >= 0.6 is 23.5 Å². The van der Waals surface area contributed by atoms with E-state index >= 15 is 0 Å². The molecule has 0 saturated heterocycles. The zero-order chi connectivity index (χ0) is 18.7. The predicted molar refractivity (Wildman–Crippen MR) is 125 cm³/mol. The molecule has 0 bridgehead atoms. The quantitative estimate of drug-likeness (QED) is 0.272. The van der Waals surface area contributed by atoms with Gasteiger partial charge >= 0.3 is 0 Å². The molecular weight excluding hydrogens is 364 g/mol. The molecule has 3 rings (SSSR count). The first-order chi connectivity index (χ1) is 13.4. The van der Waals surface area contributed by atoms with Crippen LogP contribution in [0.1, 0.15) is 15.7 Å². The van der Waals surface area contributed by atoms with Gasteiger partial charge in [0.25, 0.3) is 0 Å². The lowest BCUT2D eigenvalue weighted by Crippen LogP contribution is -1.92. The number of benzene rings is 3. The van der Waals surface area contributed by atoms with Crippen LogP contribution in [-0.2, 0) is 0 Å². The largest absolute Gasteiger partial charge is 0.139 e. The Morgan fingerprint density at radius 3 is 1.96 bits per heavy atom. The summed E-state index contributed by atoms with van der Waals surface area (Å²) in [7, 11) is 0. The highest BCUT2D eigenvalue weighted by atomic mass is 32.2. The Morgan fingerprint density at radius 1 is 0.704 bits per heavy atom. The molecule has 0 aliphatic carbocycles. The molecule has 136 valence electrons. The van der Waals surface area contributed by atoms with Crippen LogP contribution in [0.2, 0.25) is 0 Å². The van der Waals surface area contributed by atoms with Gasteiger partial charge in [-0.3, -0.25) is 0 Å². The van der Waals surface area contributed by atoms with Gasteiger partial charge in [0, 0.05) is 11.5 Å². The standard InChI is InChI=1S/C25H24S2/c1-2-19-26-25(27-20-9-12-21-10-5-3-6-11-21)24-17-15-23(16-18-24)22-13-7-4-8-14-22/h2-18,25H,1,19-20H2/b12-9-. The van der Waals surface area contributed by atoms with Crippen LogP contribution in [0.3, 0.4) is 0 Å². The van der Waals surface area contributed by atoms with Crippen molar-refractivity contribution in [1.29, 1.82) is 0 Å². The minimum absolute atomic E-state index is 0.410. The van der Waals surface area contributed by atoms with Crippen molar-refractivity contribution in [2.75, 3.05) is 11.5 Å². The summed E-state index contributed by atoms with van der Waals surface area (Å²) in [4.78, 5) is 0. The fraction of sp³-hybridized carbons (Fsp3) is 0.120. The lowest BCUT2D eigenvalue weighted by molar-refractivity contribution is 1.37. The SMILES string of the molecule is C=CCSC(SC/C=C\c1ccccc1)c1ccc(-c2ccccc2)cc1. The van der Waals surface area contributed by atoms with Crippen molar-refractivity contribution in [2.45, 2.75) is 4.58 Å². The van der Waals surface area contributed by atoms with Crippen LogP contribution in [0, 0.1) is 0 Å². The number of hydrogen-bond donors (Lipinski definition) is 0. The minimum Gasteiger partial charge on any atom is -0.139 e. The van der Waals surface area contributed by atoms with Gasteiger partial charge in [0.05, 0.1) is 4.58 Å². The molecule has 0 saturated carbocycles. The zero-order valence-corrected chi connectivity index (χ0v) is 17.0. The Morgan fingerprint density at radius 2 is 1.30 bits per heavy atom. The molecule has 0 aliphatic rings. The smallest absolute Gasteiger partial charge is 0.0757 e. The van der Waals surface area contributed by atoms with Crippen molar-refractivity contribution in [3.63, 3.8) is 0 Å². The van der Waals surface area contributed by atoms with Gasteiger partial charge in [0.2, 0.25) is 0 Å². The van der Waals surface area contributed by atoms with E-state index in [9.17, 15) is 0 Å². The monoisotopic (exact) mass is 388 g/mol. The Balaban J connectivity index is 1.65. The van der Waals surface area contributed by atoms with Crippen LogP contribution in [0.15, 0.2) is 104 Å². The Bertz CT molecular complexity index is 837. The van der Waals surface area contributed by atoms with Gasteiger partial charge in [-0.1, -0.05) is 103 Å². The maximum Gasteiger partial charge on any atom is 0.0757 e. The van der Waals surface area contributed by atoms with Crippen LogP contribution in [0.4, 0.5) is 0 Å². The molecule has 0 spiro atoms. The maximum absolute atomic E-state index is 3.87. The van der Waals surface area contributed by atoms with E-state index in [1.807, 2.05) is 35.7 Å². The molecule has 0 aliphatic heterocycles. The second-order valence-corrected chi connectivity index (χ2v) is 8.66. The molecule has 0 heterocycles. The Labute approximate surface area is 171 Å².